The summed E-state index contributed by atoms with van der Waals surface area (Å²) < 4.78 is 35.6. The maximum atomic E-state index is 11.9. The van der Waals surface area contributed by atoms with Crippen molar-refractivity contribution < 1.29 is 13.2 Å². The summed E-state index contributed by atoms with van der Waals surface area (Å²) in [5, 5.41) is 0. The van der Waals surface area contributed by atoms with E-state index >= 15 is 0 Å². The molecule has 0 bridgehead atoms. The second kappa shape index (κ2) is 9.08. The lowest BCUT2D eigenvalue weighted by Crippen LogP contribution is -2.09. The summed E-state index contributed by atoms with van der Waals surface area (Å²) in [5.74, 6) is 0. The number of allylic oxidation sites excluding steroid dienone is 5. The average molecular weight is 246 g/mol. The van der Waals surface area contributed by atoms with Crippen LogP contribution in [0.25, 0.3) is 0 Å². The summed E-state index contributed by atoms with van der Waals surface area (Å²) in [6, 6.07) is 0. The molecule has 1 aliphatic rings. The summed E-state index contributed by atoms with van der Waals surface area (Å²) in [6.45, 7) is 4.70. The third kappa shape index (κ3) is 8.78. The van der Waals surface area contributed by atoms with Crippen LogP contribution in [0.4, 0.5) is 13.2 Å². The van der Waals surface area contributed by atoms with E-state index in [9.17, 15) is 13.2 Å². The van der Waals surface area contributed by atoms with Crippen molar-refractivity contribution >= 4 is 0 Å². The molecule has 0 atom stereocenters. The third-order valence-corrected chi connectivity index (χ3v) is 2.52. The van der Waals surface area contributed by atoms with Gasteiger partial charge in [-0.15, -0.1) is 0 Å². The zero-order valence-electron chi connectivity index (χ0n) is 10.4. The first kappa shape index (κ1) is 16.0. The summed E-state index contributed by atoms with van der Waals surface area (Å²) in [6.07, 6.45) is 9.33. The molecule has 3 heteroatoms. The maximum Gasteiger partial charge on any atom is 0.416 e. The Morgan fingerprint density at radius 2 is 1.41 bits per heavy atom. The van der Waals surface area contributed by atoms with Gasteiger partial charge in [0, 0.05) is 0 Å². The number of rotatable bonds is 2. The van der Waals surface area contributed by atoms with Crippen LogP contribution < -0.4 is 0 Å². The lowest BCUT2D eigenvalue weighted by atomic mass is 10.0. The summed E-state index contributed by atoms with van der Waals surface area (Å²) >= 11 is 0. The molecule has 0 unspecified atom stereocenters. The van der Waals surface area contributed by atoms with Crippen molar-refractivity contribution in [3.63, 3.8) is 0 Å². The molecule has 17 heavy (non-hydrogen) atoms. The first-order valence-corrected chi connectivity index (χ1v) is 6.05. The molecule has 0 saturated heterocycles. The fraction of sp³-hybridized carbons (Fsp3) is 0.571. The van der Waals surface area contributed by atoms with Gasteiger partial charge in [0.2, 0.25) is 0 Å². The molecule has 1 saturated carbocycles. The van der Waals surface area contributed by atoms with E-state index in [2.05, 4.69) is 6.58 Å². The molecule has 0 aliphatic heterocycles. The van der Waals surface area contributed by atoms with Crippen molar-refractivity contribution in [2.45, 2.75) is 51.6 Å². The molecule has 1 fully saturated rings. The minimum absolute atomic E-state index is 0.726. The van der Waals surface area contributed by atoms with Crippen LogP contribution in [0.5, 0.6) is 0 Å². The Balaban J connectivity index is 0.000000354. The summed E-state index contributed by atoms with van der Waals surface area (Å²) in [5.41, 5.74) is -0.726. The molecule has 0 radical (unpaired) electrons. The Morgan fingerprint density at radius 3 is 1.65 bits per heavy atom. The first-order chi connectivity index (χ1) is 8.02. The highest BCUT2D eigenvalue weighted by molar-refractivity contribution is 5.26. The van der Waals surface area contributed by atoms with Gasteiger partial charge in [0.05, 0.1) is 5.57 Å². The van der Waals surface area contributed by atoms with Gasteiger partial charge in [0.25, 0.3) is 0 Å². The largest absolute Gasteiger partial charge is 0.416 e. The normalized spacial score (nSPS) is 17.5. The number of hydrogen-bond acceptors (Lipinski definition) is 0. The van der Waals surface area contributed by atoms with Crippen molar-refractivity contribution in [2.24, 2.45) is 0 Å². The second-order valence-corrected chi connectivity index (χ2v) is 3.97. The summed E-state index contributed by atoms with van der Waals surface area (Å²) in [4.78, 5) is 0. The van der Waals surface area contributed by atoms with Gasteiger partial charge in [-0.3, -0.25) is 0 Å². The molecular formula is C14H21F3. The monoisotopic (exact) mass is 246 g/mol. The minimum Gasteiger partial charge on any atom is -0.166 e. The second-order valence-electron chi connectivity index (χ2n) is 3.97. The van der Waals surface area contributed by atoms with Gasteiger partial charge in [-0.1, -0.05) is 69.4 Å². The van der Waals surface area contributed by atoms with E-state index in [-0.39, 0.29) is 0 Å². The van der Waals surface area contributed by atoms with Crippen molar-refractivity contribution in [3.8, 4) is 0 Å². The van der Waals surface area contributed by atoms with Crippen LogP contribution in [-0.2, 0) is 0 Å². The number of alkyl halides is 3. The van der Waals surface area contributed by atoms with Crippen LogP contribution in [0.1, 0.15) is 45.4 Å². The highest BCUT2D eigenvalue weighted by Crippen LogP contribution is 2.25. The zero-order chi connectivity index (χ0) is 13.1. The highest BCUT2D eigenvalue weighted by atomic mass is 19.4. The summed E-state index contributed by atoms with van der Waals surface area (Å²) in [7, 11) is 0. The highest BCUT2D eigenvalue weighted by Gasteiger charge is 2.30. The quantitative estimate of drug-likeness (QED) is 0.558. The molecule has 0 aromatic carbocycles. The molecule has 0 spiro atoms. The first-order valence-electron chi connectivity index (χ1n) is 6.05. The van der Waals surface area contributed by atoms with Crippen LogP contribution in [-0.4, -0.2) is 6.18 Å². The van der Waals surface area contributed by atoms with Crippen LogP contribution in [0, 0.1) is 0 Å². The Kier molecular flexibility index (Phi) is 8.55. The number of hydrogen-bond donors (Lipinski definition) is 0. The molecule has 0 nitrogen and oxygen atoms in total. The van der Waals surface area contributed by atoms with E-state index in [4.69, 9.17) is 0 Å². The molecule has 0 aromatic heterocycles. The van der Waals surface area contributed by atoms with Crippen molar-refractivity contribution in [1.29, 1.82) is 0 Å². The molecular weight excluding hydrogens is 225 g/mol. The van der Waals surface area contributed by atoms with E-state index in [1.807, 2.05) is 0 Å². The van der Waals surface area contributed by atoms with Gasteiger partial charge >= 0.3 is 6.18 Å². The van der Waals surface area contributed by atoms with Crippen LogP contribution in [0.15, 0.2) is 36.5 Å². The van der Waals surface area contributed by atoms with Gasteiger partial charge in [0.15, 0.2) is 0 Å². The van der Waals surface area contributed by atoms with Crippen LogP contribution in [0.2, 0.25) is 0 Å². The predicted molar refractivity (Wildman–Crippen MR) is 66.9 cm³/mol. The molecule has 1 aliphatic carbocycles. The van der Waals surface area contributed by atoms with E-state index in [1.54, 1.807) is 6.92 Å². The maximum absolute atomic E-state index is 11.9. The lowest BCUT2D eigenvalue weighted by Gasteiger charge is -2.05. The fourth-order valence-corrected chi connectivity index (χ4v) is 1.54. The van der Waals surface area contributed by atoms with Gasteiger partial charge in [-0.25, -0.2) is 0 Å². The smallest absolute Gasteiger partial charge is 0.166 e. The lowest BCUT2D eigenvalue weighted by molar-refractivity contribution is -0.0881. The van der Waals surface area contributed by atoms with Crippen molar-refractivity contribution in [3.05, 3.63) is 36.5 Å². The van der Waals surface area contributed by atoms with Gasteiger partial charge in [0.1, 0.15) is 0 Å². The van der Waals surface area contributed by atoms with E-state index < -0.39 is 11.7 Å². The van der Waals surface area contributed by atoms with Gasteiger partial charge < -0.3 is 0 Å². The molecule has 0 N–H and O–H groups in total. The Labute approximate surface area is 102 Å². The minimum atomic E-state index is -4.29. The molecule has 0 amide bonds. The SMILES string of the molecule is C1CCCCC1.C=C/C(=C\C=C/C)C(F)(F)F. The third-order valence-electron chi connectivity index (χ3n) is 2.52. The standard InChI is InChI=1S/C8H9F3.C6H12/c1-3-5-6-7(4-2)8(9,10)11;1-2-4-6-5-3-1/h3-6H,2H2,1H3;1-6H2/b5-3-,7-6+;. The van der Waals surface area contributed by atoms with Crippen LogP contribution in [0.3, 0.4) is 0 Å². The molecule has 0 aromatic rings. The number of halogens is 3. The van der Waals surface area contributed by atoms with Crippen molar-refractivity contribution in [2.75, 3.05) is 0 Å². The fourth-order valence-electron chi connectivity index (χ4n) is 1.54. The average Bonchev–Trinajstić information content (AvgIpc) is 2.31. The predicted octanol–water partition coefficient (Wildman–Crippen LogP) is 5.58. The zero-order valence-corrected chi connectivity index (χ0v) is 10.4. The van der Waals surface area contributed by atoms with Crippen molar-refractivity contribution in [1.82, 2.24) is 0 Å². The molecule has 98 valence electrons. The van der Waals surface area contributed by atoms with Gasteiger partial charge in [-0.2, -0.15) is 13.2 Å². The van der Waals surface area contributed by atoms with Gasteiger partial charge in [-0.05, 0) is 6.92 Å². The van der Waals surface area contributed by atoms with Crippen LogP contribution >= 0.6 is 0 Å². The van der Waals surface area contributed by atoms with E-state index in [1.165, 1.54) is 50.7 Å². The van der Waals surface area contributed by atoms with E-state index in [0.717, 1.165) is 12.2 Å². The topological polar surface area (TPSA) is 0 Å². The van der Waals surface area contributed by atoms with E-state index in [0.29, 0.717) is 0 Å². The molecule has 0 heterocycles. The Bertz CT molecular complexity index is 244. The molecule has 1 rings (SSSR count). The Morgan fingerprint density at radius 1 is 1.00 bits per heavy atom. The Hall–Kier alpha value is -0.990.